The number of rotatable bonds is 4. The third kappa shape index (κ3) is 3.79. The van der Waals surface area contributed by atoms with E-state index in [4.69, 9.17) is 5.73 Å². The first-order valence-corrected chi connectivity index (χ1v) is 11.4. The van der Waals surface area contributed by atoms with Crippen LogP contribution in [0, 0.1) is 5.92 Å². The number of benzene rings is 1. The van der Waals surface area contributed by atoms with E-state index < -0.39 is 5.60 Å². The maximum Gasteiger partial charge on any atom is 0.0913 e. The second-order valence-corrected chi connectivity index (χ2v) is 10.2. The Morgan fingerprint density at radius 3 is 2.61 bits per heavy atom. The molecule has 2 fully saturated rings. The predicted molar refractivity (Wildman–Crippen MR) is 119 cm³/mol. The zero-order chi connectivity index (χ0) is 19.9. The number of aliphatic hydroxyl groups is 1. The van der Waals surface area contributed by atoms with Crippen molar-refractivity contribution in [3.8, 4) is 0 Å². The fourth-order valence-electron chi connectivity index (χ4n) is 4.46. The van der Waals surface area contributed by atoms with Crippen LogP contribution in [-0.2, 0) is 0 Å². The Morgan fingerprint density at radius 2 is 2.00 bits per heavy atom. The number of hydrogen-bond acceptors (Lipinski definition) is 5. The number of allylic oxidation sites excluding steroid dienone is 1. The SMILES string of the molecule is C[C@@H]1CCC(C2NC=C(C(C)(C)O)S2)CN1C(=C1CCC1)c1ccccc1N. The van der Waals surface area contributed by atoms with E-state index in [1.165, 1.54) is 43.4 Å². The summed E-state index contributed by atoms with van der Waals surface area (Å²) in [6.07, 6.45) is 8.08. The molecule has 0 radical (unpaired) electrons. The first-order valence-electron chi connectivity index (χ1n) is 10.5. The number of nitrogen functional groups attached to an aromatic ring is 1. The van der Waals surface area contributed by atoms with Crippen molar-refractivity contribution in [3.63, 3.8) is 0 Å². The second kappa shape index (κ2) is 7.68. The standard InChI is InChI=1S/C23H33N3OS/c1-15-11-12-17(22-25-13-20(28-22)23(2,3)27)14-26(15)21(16-7-6-8-16)18-9-4-5-10-19(18)24/h4-5,9-10,13,15,17,22,25,27H,6-8,11-12,14,24H2,1-3H3/t15-,17?,22?/m1/s1. The summed E-state index contributed by atoms with van der Waals surface area (Å²) >= 11 is 1.80. The molecule has 1 aliphatic carbocycles. The smallest absolute Gasteiger partial charge is 0.0913 e. The van der Waals surface area contributed by atoms with Crippen molar-refractivity contribution < 1.29 is 5.11 Å². The number of nitrogens with two attached hydrogens (primary N) is 1. The van der Waals surface area contributed by atoms with Gasteiger partial charge in [0.05, 0.1) is 11.0 Å². The van der Waals surface area contributed by atoms with E-state index in [9.17, 15) is 5.11 Å². The molecule has 3 aliphatic rings. The molecule has 1 aromatic carbocycles. The van der Waals surface area contributed by atoms with Gasteiger partial charge >= 0.3 is 0 Å². The normalized spacial score (nSPS) is 27.9. The number of nitrogens with zero attached hydrogens (tertiary/aromatic N) is 1. The summed E-state index contributed by atoms with van der Waals surface area (Å²) in [7, 11) is 0. The largest absolute Gasteiger partial charge is 0.398 e. The molecule has 1 aromatic rings. The lowest BCUT2D eigenvalue weighted by molar-refractivity contribution is 0.129. The van der Waals surface area contributed by atoms with Crippen molar-refractivity contribution in [2.24, 2.45) is 5.92 Å². The Balaban J connectivity index is 1.57. The van der Waals surface area contributed by atoms with Gasteiger partial charge in [0.1, 0.15) is 0 Å². The Bertz CT molecular complexity index is 789. The molecule has 2 heterocycles. The van der Waals surface area contributed by atoms with Crippen LogP contribution in [0.2, 0.25) is 0 Å². The van der Waals surface area contributed by atoms with Crippen LogP contribution in [-0.4, -0.2) is 33.6 Å². The molecule has 4 N–H and O–H groups in total. The summed E-state index contributed by atoms with van der Waals surface area (Å²) in [4.78, 5) is 3.66. The minimum absolute atomic E-state index is 0.331. The van der Waals surface area contributed by atoms with E-state index in [0.717, 1.165) is 17.1 Å². The first kappa shape index (κ1) is 19.7. The Hall–Kier alpha value is -1.59. The number of hydrogen-bond donors (Lipinski definition) is 3. The Morgan fingerprint density at radius 1 is 1.25 bits per heavy atom. The number of thioether (sulfide) groups is 1. The number of likely N-dealkylation sites (tertiary alicyclic amines) is 1. The molecule has 3 atom stereocenters. The summed E-state index contributed by atoms with van der Waals surface area (Å²) in [5, 5.41) is 14.2. The maximum absolute atomic E-state index is 10.3. The van der Waals surface area contributed by atoms with Crippen LogP contribution in [0.25, 0.3) is 5.70 Å². The van der Waals surface area contributed by atoms with Crippen molar-refractivity contribution in [2.75, 3.05) is 12.3 Å². The van der Waals surface area contributed by atoms with Gasteiger partial charge in [-0.15, -0.1) is 11.8 Å². The third-order valence-electron chi connectivity index (χ3n) is 6.38. The molecule has 0 spiro atoms. The van der Waals surface area contributed by atoms with E-state index in [0.29, 0.717) is 17.3 Å². The van der Waals surface area contributed by atoms with Crippen LogP contribution in [0.3, 0.4) is 0 Å². The highest BCUT2D eigenvalue weighted by Crippen LogP contribution is 2.44. The molecule has 1 saturated carbocycles. The van der Waals surface area contributed by atoms with E-state index in [-0.39, 0.29) is 0 Å². The Kier molecular flexibility index (Phi) is 5.41. The van der Waals surface area contributed by atoms with Gasteiger partial charge in [0.25, 0.3) is 0 Å². The number of piperidine rings is 1. The van der Waals surface area contributed by atoms with Gasteiger partial charge in [0.2, 0.25) is 0 Å². The van der Waals surface area contributed by atoms with E-state index >= 15 is 0 Å². The van der Waals surface area contributed by atoms with E-state index in [2.05, 4.69) is 29.3 Å². The zero-order valence-corrected chi connectivity index (χ0v) is 18.1. The molecule has 28 heavy (non-hydrogen) atoms. The molecule has 152 valence electrons. The van der Waals surface area contributed by atoms with Crippen LogP contribution >= 0.6 is 11.8 Å². The van der Waals surface area contributed by atoms with Crippen molar-refractivity contribution in [2.45, 2.75) is 69.9 Å². The zero-order valence-electron chi connectivity index (χ0n) is 17.2. The summed E-state index contributed by atoms with van der Waals surface area (Å²) in [5.74, 6) is 0.540. The predicted octanol–water partition coefficient (Wildman–Crippen LogP) is 4.54. The number of nitrogens with one attached hydrogen (secondary N) is 1. The van der Waals surface area contributed by atoms with E-state index in [1.807, 2.05) is 32.2 Å². The van der Waals surface area contributed by atoms with Crippen molar-refractivity contribution in [1.29, 1.82) is 0 Å². The highest BCUT2D eigenvalue weighted by Gasteiger charge is 2.38. The van der Waals surface area contributed by atoms with Gasteiger partial charge in [-0.25, -0.2) is 0 Å². The third-order valence-corrected chi connectivity index (χ3v) is 8.02. The van der Waals surface area contributed by atoms with Crippen molar-refractivity contribution in [3.05, 3.63) is 46.5 Å². The van der Waals surface area contributed by atoms with Crippen LogP contribution in [0.1, 0.15) is 58.4 Å². The molecule has 0 amide bonds. The molecule has 0 bridgehead atoms. The van der Waals surface area contributed by atoms with Crippen LogP contribution in [0.5, 0.6) is 0 Å². The average molecular weight is 400 g/mol. The minimum Gasteiger partial charge on any atom is -0.398 e. The van der Waals surface area contributed by atoms with Crippen molar-refractivity contribution >= 4 is 23.1 Å². The molecular weight excluding hydrogens is 366 g/mol. The number of anilines is 1. The lowest BCUT2D eigenvalue weighted by Gasteiger charge is -2.45. The first-order chi connectivity index (χ1) is 13.3. The van der Waals surface area contributed by atoms with Crippen LogP contribution < -0.4 is 11.1 Å². The van der Waals surface area contributed by atoms with Gasteiger partial charge in [-0.3, -0.25) is 0 Å². The second-order valence-electron chi connectivity index (χ2n) is 9.00. The maximum atomic E-state index is 10.3. The fourth-order valence-corrected chi connectivity index (χ4v) is 5.71. The summed E-state index contributed by atoms with van der Waals surface area (Å²) in [5.41, 5.74) is 10.7. The lowest BCUT2D eigenvalue weighted by atomic mass is 9.84. The molecule has 2 unspecified atom stereocenters. The monoisotopic (exact) mass is 399 g/mol. The molecule has 0 aromatic heterocycles. The average Bonchev–Trinajstić information content (AvgIpc) is 3.10. The molecule has 5 heteroatoms. The van der Waals surface area contributed by atoms with E-state index in [1.54, 1.807) is 17.3 Å². The summed E-state index contributed by atoms with van der Waals surface area (Å²) in [6, 6.07) is 8.85. The van der Waals surface area contributed by atoms with Gasteiger partial charge in [0.15, 0.2) is 0 Å². The highest BCUT2D eigenvalue weighted by molar-refractivity contribution is 8.04. The molecule has 2 aliphatic heterocycles. The summed E-state index contributed by atoms with van der Waals surface area (Å²) in [6.45, 7) is 7.11. The topological polar surface area (TPSA) is 61.5 Å². The Labute approximate surface area is 173 Å². The molecule has 4 rings (SSSR count). The summed E-state index contributed by atoms with van der Waals surface area (Å²) < 4.78 is 0. The molecular formula is C23H33N3OS. The van der Waals surface area contributed by atoms with Gasteiger partial charge in [-0.05, 0) is 64.5 Å². The highest BCUT2D eigenvalue weighted by atomic mass is 32.2. The van der Waals surface area contributed by atoms with Crippen LogP contribution in [0.15, 0.2) is 40.9 Å². The van der Waals surface area contributed by atoms with Gasteiger partial charge < -0.3 is 21.1 Å². The molecule has 4 nitrogen and oxygen atoms in total. The quantitative estimate of drug-likeness (QED) is 0.649. The van der Waals surface area contributed by atoms with Crippen molar-refractivity contribution in [1.82, 2.24) is 10.2 Å². The minimum atomic E-state index is -0.772. The fraction of sp³-hybridized carbons (Fsp3) is 0.565. The van der Waals surface area contributed by atoms with Gasteiger partial charge in [0, 0.05) is 46.6 Å². The van der Waals surface area contributed by atoms with Crippen LogP contribution in [0.4, 0.5) is 5.69 Å². The van der Waals surface area contributed by atoms with Gasteiger partial charge in [-0.1, -0.05) is 18.2 Å². The van der Waals surface area contributed by atoms with Gasteiger partial charge in [-0.2, -0.15) is 0 Å². The molecule has 1 saturated heterocycles. The number of para-hydroxylation sites is 1. The lowest BCUT2D eigenvalue weighted by Crippen LogP contribution is -2.46.